The van der Waals surface area contributed by atoms with Crippen LogP contribution >= 0.6 is 11.6 Å². The Balaban J connectivity index is 1.61. The van der Waals surface area contributed by atoms with E-state index in [1.807, 2.05) is 23.1 Å². The zero-order valence-electron chi connectivity index (χ0n) is 12.9. The van der Waals surface area contributed by atoms with Crippen LogP contribution in [0.2, 0.25) is 5.02 Å². The van der Waals surface area contributed by atoms with Crippen LogP contribution in [0.3, 0.4) is 0 Å². The van der Waals surface area contributed by atoms with Gasteiger partial charge in [-0.1, -0.05) is 17.7 Å². The first-order chi connectivity index (χ1) is 11.2. The van der Waals surface area contributed by atoms with E-state index in [9.17, 15) is 4.79 Å². The topological polar surface area (TPSA) is 49.3 Å². The lowest BCUT2D eigenvalue weighted by Crippen LogP contribution is -2.35. The third-order valence-electron chi connectivity index (χ3n) is 3.93. The molecule has 0 N–H and O–H groups in total. The van der Waals surface area contributed by atoms with E-state index in [-0.39, 0.29) is 5.91 Å². The van der Waals surface area contributed by atoms with Crippen LogP contribution in [0.1, 0.15) is 22.6 Å². The summed E-state index contributed by atoms with van der Waals surface area (Å²) in [6.45, 7) is 3.96. The molecule has 0 unspecified atom stereocenters. The second kappa shape index (κ2) is 7.53. The van der Waals surface area contributed by atoms with Crippen molar-refractivity contribution in [2.24, 2.45) is 0 Å². The first-order valence-corrected chi connectivity index (χ1v) is 8.13. The summed E-state index contributed by atoms with van der Waals surface area (Å²) in [4.78, 5) is 25.3. The number of carbonyl (C=O) groups excluding carboxylic acids is 1. The van der Waals surface area contributed by atoms with Crippen molar-refractivity contribution in [1.29, 1.82) is 0 Å². The highest BCUT2D eigenvalue weighted by Gasteiger charge is 2.20. The molecule has 1 aliphatic rings. The number of halogens is 1. The molecule has 120 valence electrons. The molecule has 0 aliphatic carbocycles. The summed E-state index contributed by atoms with van der Waals surface area (Å²) in [5.74, 6) is 0.868. The molecular weight excluding hydrogens is 312 g/mol. The maximum Gasteiger partial charge on any atom is 0.253 e. The molecule has 1 amide bonds. The molecule has 1 aromatic heterocycles. The number of aromatic nitrogens is 2. The van der Waals surface area contributed by atoms with E-state index in [2.05, 4.69) is 14.9 Å². The van der Waals surface area contributed by atoms with Crippen LogP contribution < -0.4 is 0 Å². The van der Waals surface area contributed by atoms with E-state index in [0.717, 1.165) is 38.4 Å². The fraction of sp³-hybridized carbons (Fsp3) is 0.353. The molecule has 0 radical (unpaired) electrons. The summed E-state index contributed by atoms with van der Waals surface area (Å²) in [5.41, 5.74) is 0.650. The van der Waals surface area contributed by atoms with Gasteiger partial charge in [-0.05, 0) is 30.7 Å². The zero-order chi connectivity index (χ0) is 16.1. The molecule has 2 aromatic rings. The minimum atomic E-state index is 0.0466. The fourth-order valence-corrected chi connectivity index (χ4v) is 2.94. The van der Waals surface area contributed by atoms with Crippen molar-refractivity contribution in [2.75, 3.05) is 26.2 Å². The van der Waals surface area contributed by atoms with Crippen LogP contribution in [0, 0.1) is 0 Å². The first kappa shape index (κ1) is 15.9. The Morgan fingerprint density at radius 3 is 2.70 bits per heavy atom. The summed E-state index contributed by atoms with van der Waals surface area (Å²) in [7, 11) is 0. The average molecular weight is 331 g/mol. The SMILES string of the molecule is O=C(c1cccc(Cl)c1)N1CCCN(Cc2ncccn2)CC1. The number of hydrogen-bond donors (Lipinski definition) is 0. The van der Waals surface area contributed by atoms with Gasteiger partial charge in [0, 0.05) is 49.2 Å². The van der Waals surface area contributed by atoms with Gasteiger partial charge in [0.2, 0.25) is 0 Å². The smallest absolute Gasteiger partial charge is 0.253 e. The molecule has 0 spiro atoms. The van der Waals surface area contributed by atoms with Gasteiger partial charge in [0.25, 0.3) is 5.91 Å². The van der Waals surface area contributed by atoms with E-state index >= 15 is 0 Å². The standard InChI is InChI=1S/C17H19ClN4O/c18-15-5-1-4-14(12-15)17(23)22-9-3-8-21(10-11-22)13-16-19-6-2-7-20-16/h1-2,4-7,12H,3,8-11,13H2. The van der Waals surface area contributed by atoms with Gasteiger partial charge in [-0.15, -0.1) is 0 Å². The van der Waals surface area contributed by atoms with Crippen LogP contribution in [0.25, 0.3) is 0 Å². The molecule has 1 aliphatic heterocycles. The molecule has 3 rings (SSSR count). The quantitative estimate of drug-likeness (QED) is 0.867. The highest BCUT2D eigenvalue weighted by molar-refractivity contribution is 6.30. The summed E-state index contributed by atoms with van der Waals surface area (Å²) >= 11 is 5.98. The highest BCUT2D eigenvalue weighted by atomic mass is 35.5. The third kappa shape index (κ3) is 4.27. The lowest BCUT2D eigenvalue weighted by Gasteiger charge is -2.21. The largest absolute Gasteiger partial charge is 0.337 e. The lowest BCUT2D eigenvalue weighted by molar-refractivity contribution is 0.0761. The Kier molecular flexibility index (Phi) is 5.20. The second-order valence-electron chi connectivity index (χ2n) is 5.60. The van der Waals surface area contributed by atoms with Crippen LogP contribution in [-0.4, -0.2) is 51.9 Å². The molecule has 0 atom stereocenters. The molecule has 0 saturated carbocycles. The normalized spacial score (nSPS) is 16.1. The first-order valence-electron chi connectivity index (χ1n) is 7.75. The minimum Gasteiger partial charge on any atom is -0.337 e. The molecule has 23 heavy (non-hydrogen) atoms. The number of hydrogen-bond acceptors (Lipinski definition) is 4. The Morgan fingerprint density at radius 2 is 1.91 bits per heavy atom. The Bertz CT molecular complexity index is 665. The van der Waals surface area contributed by atoms with Gasteiger partial charge < -0.3 is 4.90 Å². The Labute approximate surface area is 140 Å². The average Bonchev–Trinajstić information content (AvgIpc) is 2.81. The molecular formula is C17H19ClN4O. The highest BCUT2D eigenvalue weighted by Crippen LogP contribution is 2.14. The molecule has 6 heteroatoms. The maximum atomic E-state index is 12.6. The van der Waals surface area contributed by atoms with Gasteiger partial charge in [0.15, 0.2) is 0 Å². The third-order valence-corrected chi connectivity index (χ3v) is 4.17. The van der Waals surface area contributed by atoms with Crippen molar-refractivity contribution in [3.63, 3.8) is 0 Å². The van der Waals surface area contributed by atoms with Crippen LogP contribution in [0.4, 0.5) is 0 Å². The lowest BCUT2D eigenvalue weighted by atomic mass is 10.2. The van der Waals surface area contributed by atoms with Crippen molar-refractivity contribution in [1.82, 2.24) is 19.8 Å². The number of carbonyl (C=O) groups is 1. The van der Waals surface area contributed by atoms with Gasteiger partial charge in [-0.2, -0.15) is 0 Å². The van der Waals surface area contributed by atoms with E-state index in [1.54, 1.807) is 24.5 Å². The Morgan fingerprint density at radius 1 is 1.09 bits per heavy atom. The van der Waals surface area contributed by atoms with Crippen LogP contribution in [0.5, 0.6) is 0 Å². The van der Waals surface area contributed by atoms with Gasteiger partial charge >= 0.3 is 0 Å². The van der Waals surface area contributed by atoms with E-state index in [1.165, 1.54) is 0 Å². The predicted molar refractivity (Wildman–Crippen MR) is 89.3 cm³/mol. The number of rotatable bonds is 3. The summed E-state index contributed by atoms with van der Waals surface area (Å²) in [6.07, 6.45) is 4.46. The minimum absolute atomic E-state index is 0.0466. The Hall–Kier alpha value is -1.98. The summed E-state index contributed by atoms with van der Waals surface area (Å²) < 4.78 is 0. The summed E-state index contributed by atoms with van der Waals surface area (Å²) in [5, 5.41) is 0.591. The number of amides is 1. The van der Waals surface area contributed by atoms with Crippen molar-refractivity contribution in [2.45, 2.75) is 13.0 Å². The van der Waals surface area contributed by atoms with Crippen molar-refractivity contribution in [3.8, 4) is 0 Å². The number of nitrogens with zero attached hydrogens (tertiary/aromatic N) is 4. The van der Waals surface area contributed by atoms with Crippen LogP contribution in [0.15, 0.2) is 42.7 Å². The molecule has 0 bridgehead atoms. The van der Waals surface area contributed by atoms with Crippen molar-refractivity contribution in [3.05, 3.63) is 59.1 Å². The van der Waals surface area contributed by atoms with Gasteiger partial charge in [-0.25, -0.2) is 9.97 Å². The van der Waals surface area contributed by atoms with Crippen molar-refractivity contribution >= 4 is 17.5 Å². The molecule has 5 nitrogen and oxygen atoms in total. The summed E-state index contributed by atoms with van der Waals surface area (Å²) in [6, 6.07) is 8.95. The second-order valence-corrected chi connectivity index (χ2v) is 6.03. The predicted octanol–water partition coefficient (Wildman–Crippen LogP) is 2.48. The van der Waals surface area contributed by atoms with E-state index in [4.69, 9.17) is 11.6 Å². The van der Waals surface area contributed by atoms with Gasteiger partial charge in [-0.3, -0.25) is 9.69 Å². The molecule has 1 aromatic carbocycles. The van der Waals surface area contributed by atoms with Gasteiger partial charge in [0.05, 0.1) is 6.54 Å². The fourth-order valence-electron chi connectivity index (χ4n) is 2.75. The number of benzene rings is 1. The molecule has 1 fully saturated rings. The molecule has 1 saturated heterocycles. The van der Waals surface area contributed by atoms with E-state index in [0.29, 0.717) is 17.1 Å². The zero-order valence-corrected chi connectivity index (χ0v) is 13.6. The molecule has 2 heterocycles. The van der Waals surface area contributed by atoms with Gasteiger partial charge in [0.1, 0.15) is 5.82 Å². The van der Waals surface area contributed by atoms with E-state index < -0.39 is 0 Å². The van der Waals surface area contributed by atoms with Crippen LogP contribution in [-0.2, 0) is 6.54 Å². The monoisotopic (exact) mass is 330 g/mol. The maximum absolute atomic E-state index is 12.6. The van der Waals surface area contributed by atoms with Crippen molar-refractivity contribution < 1.29 is 4.79 Å².